The second-order valence-electron chi connectivity index (χ2n) is 4.96. The minimum atomic E-state index is -0.617. The van der Waals surface area contributed by atoms with Gasteiger partial charge in [-0.2, -0.15) is 0 Å². The summed E-state index contributed by atoms with van der Waals surface area (Å²) in [7, 11) is 2.55. The quantitative estimate of drug-likeness (QED) is 0.202. The van der Waals surface area contributed by atoms with Crippen LogP contribution in [0.25, 0.3) is 0 Å². The number of ether oxygens (including phenoxy) is 2. The molecule has 1 atom stereocenters. The predicted octanol–water partition coefficient (Wildman–Crippen LogP) is 3.65. The number of unbranched alkanes of at least 4 members (excludes halogenated alkanes) is 3. The molecule has 0 saturated heterocycles. The number of hydrogen-bond acceptors (Lipinski definition) is 4. The average molecular weight is 284 g/mol. The zero-order chi connectivity index (χ0) is 15.4. The maximum atomic E-state index is 11.7. The molecule has 0 aromatic rings. The lowest BCUT2D eigenvalue weighted by molar-refractivity contribution is -0.144. The third-order valence-corrected chi connectivity index (χ3v) is 3.32. The highest BCUT2D eigenvalue weighted by atomic mass is 16.5. The molecule has 0 spiro atoms. The molecule has 116 valence electrons. The fourth-order valence-corrected chi connectivity index (χ4v) is 2.11. The van der Waals surface area contributed by atoms with Crippen molar-refractivity contribution in [2.24, 2.45) is 5.92 Å². The molecule has 0 aliphatic carbocycles. The van der Waals surface area contributed by atoms with E-state index in [4.69, 9.17) is 0 Å². The average Bonchev–Trinajstić information content (AvgIpc) is 2.47. The van der Waals surface area contributed by atoms with Crippen molar-refractivity contribution in [2.45, 2.75) is 58.8 Å². The monoisotopic (exact) mass is 284 g/mol. The Kier molecular flexibility index (Phi) is 10.7. The lowest BCUT2D eigenvalue weighted by Gasteiger charge is -2.14. The van der Waals surface area contributed by atoms with Crippen LogP contribution in [0, 0.1) is 5.92 Å². The van der Waals surface area contributed by atoms with E-state index in [2.05, 4.69) is 23.3 Å². The number of carbonyl (C=O) groups excluding carboxylic acids is 2. The Hall–Kier alpha value is -1.32. The first-order valence-corrected chi connectivity index (χ1v) is 7.49. The molecule has 20 heavy (non-hydrogen) atoms. The molecular formula is C16H28O4. The van der Waals surface area contributed by atoms with E-state index in [0.29, 0.717) is 0 Å². The van der Waals surface area contributed by atoms with E-state index in [1.807, 2.05) is 0 Å². The van der Waals surface area contributed by atoms with Crippen LogP contribution in [0.5, 0.6) is 0 Å². The molecule has 4 heteroatoms. The van der Waals surface area contributed by atoms with Crippen LogP contribution in [0.15, 0.2) is 11.6 Å². The van der Waals surface area contributed by atoms with Crippen LogP contribution in [0.2, 0.25) is 0 Å². The van der Waals surface area contributed by atoms with Gasteiger partial charge in [-0.15, -0.1) is 0 Å². The molecule has 0 aliphatic rings. The molecule has 0 rings (SSSR count). The van der Waals surface area contributed by atoms with Crippen LogP contribution in [0.1, 0.15) is 58.8 Å². The standard InChI is InChI=1S/C16H28O4/c1-5-7-9-11-13(10-8-6-2)12-14(15(17)19-3)16(18)20-4/h12-13H,5-11H2,1-4H3. The fourth-order valence-electron chi connectivity index (χ4n) is 2.11. The van der Waals surface area contributed by atoms with E-state index in [1.54, 1.807) is 6.08 Å². The van der Waals surface area contributed by atoms with E-state index in [9.17, 15) is 9.59 Å². The topological polar surface area (TPSA) is 52.6 Å². The van der Waals surface area contributed by atoms with Gasteiger partial charge in [-0.05, 0) is 18.8 Å². The maximum absolute atomic E-state index is 11.7. The summed E-state index contributed by atoms with van der Waals surface area (Å²) in [6, 6.07) is 0. The van der Waals surface area contributed by atoms with Crippen molar-refractivity contribution < 1.29 is 19.1 Å². The van der Waals surface area contributed by atoms with Gasteiger partial charge >= 0.3 is 11.9 Å². The van der Waals surface area contributed by atoms with Crippen LogP contribution in [-0.2, 0) is 19.1 Å². The summed E-state index contributed by atoms with van der Waals surface area (Å²) >= 11 is 0. The Morgan fingerprint density at radius 1 is 0.900 bits per heavy atom. The van der Waals surface area contributed by atoms with Crippen molar-refractivity contribution in [3.63, 3.8) is 0 Å². The number of methoxy groups -OCH3 is 2. The van der Waals surface area contributed by atoms with Crippen molar-refractivity contribution in [1.82, 2.24) is 0 Å². The Balaban J connectivity index is 4.91. The maximum Gasteiger partial charge on any atom is 0.344 e. The molecule has 0 bridgehead atoms. The van der Waals surface area contributed by atoms with Gasteiger partial charge < -0.3 is 9.47 Å². The van der Waals surface area contributed by atoms with Gasteiger partial charge in [0.15, 0.2) is 0 Å². The summed E-state index contributed by atoms with van der Waals surface area (Å²) in [6.45, 7) is 4.29. The summed E-state index contributed by atoms with van der Waals surface area (Å²) in [4.78, 5) is 23.3. The van der Waals surface area contributed by atoms with Gasteiger partial charge in [0.2, 0.25) is 0 Å². The molecule has 0 N–H and O–H groups in total. The molecule has 1 unspecified atom stereocenters. The highest BCUT2D eigenvalue weighted by Gasteiger charge is 2.21. The van der Waals surface area contributed by atoms with Crippen molar-refractivity contribution in [2.75, 3.05) is 14.2 Å². The molecule has 0 heterocycles. The third kappa shape index (κ3) is 7.31. The van der Waals surface area contributed by atoms with E-state index in [0.717, 1.165) is 38.5 Å². The lowest BCUT2D eigenvalue weighted by atomic mass is 9.93. The van der Waals surface area contributed by atoms with Gasteiger partial charge in [0, 0.05) is 0 Å². The van der Waals surface area contributed by atoms with Crippen LogP contribution in [-0.4, -0.2) is 26.2 Å². The van der Waals surface area contributed by atoms with Crippen LogP contribution in [0.3, 0.4) is 0 Å². The summed E-state index contributed by atoms with van der Waals surface area (Å²) < 4.78 is 9.32. The summed E-state index contributed by atoms with van der Waals surface area (Å²) in [6.07, 6.45) is 9.34. The van der Waals surface area contributed by atoms with Crippen molar-refractivity contribution in [3.8, 4) is 0 Å². The molecule has 0 aliphatic heterocycles. The van der Waals surface area contributed by atoms with Crippen molar-refractivity contribution in [1.29, 1.82) is 0 Å². The highest BCUT2D eigenvalue weighted by Crippen LogP contribution is 2.20. The number of carbonyl (C=O) groups is 2. The second kappa shape index (κ2) is 11.5. The number of rotatable bonds is 10. The second-order valence-corrected chi connectivity index (χ2v) is 4.96. The van der Waals surface area contributed by atoms with Gasteiger partial charge in [0.25, 0.3) is 0 Å². The SMILES string of the molecule is CCCCCC(C=C(C(=O)OC)C(=O)OC)CCCC. The van der Waals surface area contributed by atoms with E-state index in [1.165, 1.54) is 20.6 Å². The van der Waals surface area contributed by atoms with E-state index in [-0.39, 0.29) is 11.5 Å². The minimum Gasteiger partial charge on any atom is -0.465 e. The van der Waals surface area contributed by atoms with Gasteiger partial charge in [0.1, 0.15) is 5.57 Å². The van der Waals surface area contributed by atoms with Crippen molar-refractivity contribution in [3.05, 3.63) is 11.6 Å². The molecule has 0 amide bonds. The number of esters is 2. The predicted molar refractivity (Wildman–Crippen MR) is 79.3 cm³/mol. The Bertz CT molecular complexity index is 302. The smallest absolute Gasteiger partial charge is 0.344 e. The largest absolute Gasteiger partial charge is 0.465 e. The van der Waals surface area contributed by atoms with E-state index < -0.39 is 11.9 Å². The number of hydrogen-bond donors (Lipinski definition) is 0. The first-order valence-electron chi connectivity index (χ1n) is 7.49. The molecular weight excluding hydrogens is 256 g/mol. The van der Waals surface area contributed by atoms with Gasteiger partial charge in [-0.3, -0.25) is 0 Å². The molecule has 4 nitrogen and oxygen atoms in total. The summed E-state index contributed by atoms with van der Waals surface area (Å²) in [5.41, 5.74) is 0.0209. The van der Waals surface area contributed by atoms with Gasteiger partial charge in [-0.1, -0.05) is 52.0 Å². The Labute approximate surface area is 122 Å². The minimum absolute atomic E-state index is 0.0209. The highest BCUT2D eigenvalue weighted by molar-refractivity contribution is 6.13. The zero-order valence-corrected chi connectivity index (χ0v) is 13.2. The third-order valence-electron chi connectivity index (χ3n) is 3.32. The molecule has 0 radical (unpaired) electrons. The van der Waals surface area contributed by atoms with Gasteiger partial charge in [0.05, 0.1) is 14.2 Å². The first-order chi connectivity index (χ1) is 9.60. The molecule has 0 fully saturated rings. The molecule has 0 aromatic carbocycles. The van der Waals surface area contributed by atoms with E-state index >= 15 is 0 Å². The van der Waals surface area contributed by atoms with Gasteiger partial charge in [-0.25, -0.2) is 9.59 Å². The van der Waals surface area contributed by atoms with Crippen LogP contribution in [0.4, 0.5) is 0 Å². The van der Waals surface area contributed by atoms with Crippen molar-refractivity contribution >= 4 is 11.9 Å². The molecule has 0 aromatic heterocycles. The fraction of sp³-hybridized carbons (Fsp3) is 0.750. The normalized spacial score (nSPS) is 11.6. The van der Waals surface area contributed by atoms with Crippen LogP contribution >= 0.6 is 0 Å². The number of allylic oxidation sites excluding steroid dienone is 1. The zero-order valence-electron chi connectivity index (χ0n) is 13.2. The lowest BCUT2D eigenvalue weighted by Crippen LogP contribution is -2.17. The Morgan fingerprint density at radius 3 is 1.85 bits per heavy atom. The van der Waals surface area contributed by atoms with Crippen LogP contribution < -0.4 is 0 Å². The first kappa shape index (κ1) is 18.7. The Morgan fingerprint density at radius 2 is 1.40 bits per heavy atom. The molecule has 0 saturated carbocycles. The summed E-state index contributed by atoms with van der Waals surface area (Å²) in [5.74, 6) is -1.00. The summed E-state index contributed by atoms with van der Waals surface area (Å²) in [5, 5.41) is 0.